The van der Waals surface area contributed by atoms with Crippen molar-refractivity contribution in [3.63, 3.8) is 0 Å². The highest BCUT2D eigenvalue weighted by Gasteiger charge is 2.48. The number of amides is 1. The van der Waals surface area contributed by atoms with Crippen LogP contribution in [0.15, 0.2) is 95.4 Å². The first-order valence-corrected chi connectivity index (χ1v) is 10.5. The van der Waals surface area contributed by atoms with Gasteiger partial charge in [-0.2, -0.15) is 0 Å². The molecule has 0 bridgehead atoms. The number of methoxy groups -OCH3 is 1. The molecular weight excluding hydrogens is 434 g/mol. The van der Waals surface area contributed by atoms with Crippen LogP contribution in [0.5, 0.6) is 5.75 Å². The number of para-hydroxylation sites is 1. The number of benzene rings is 2. The third kappa shape index (κ3) is 3.51. The molecule has 8 heteroatoms. The molecule has 1 N–H and O–H groups in total. The number of pyridine rings is 1. The van der Waals surface area contributed by atoms with E-state index < -0.39 is 17.7 Å². The molecular formula is C26H19N3O5. The Labute approximate surface area is 194 Å². The normalized spacial score (nSPS) is 17.2. The third-order valence-corrected chi connectivity index (χ3v) is 5.66. The fraction of sp³-hybridized carbons (Fsp3) is 0.0769. The molecule has 5 rings (SSSR count). The number of carbonyl (C=O) groups is 2. The van der Waals surface area contributed by atoms with Crippen LogP contribution in [0, 0.1) is 0 Å². The van der Waals surface area contributed by atoms with E-state index in [1.54, 1.807) is 72.8 Å². The highest BCUT2D eigenvalue weighted by Crippen LogP contribution is 2.44. The maximum Gasteiger partial charge on any atom is 0.300 e. The van der Waals surface area contributed by atoms with Crippen LogP contribution in [0.3, 0.4) is 0 Å². The number of carbonyl (C=O) groups excluding carboxylic acids is 2. The number of nitrogens with zero attached hydrogens (tertiary/aromatic N) is 3. The second-order valence-corrected chi connectivity index (χ2v) is 7.56. The summed E-state index contributed by atoms with van der Waals surface area (Å²) in [5, 5.41) is 15.0. The largest absolute Gasteiger partial charge is 0.505 e. The Morgan fingerprint density at radius 3 is 2.44 bits per heavy atom. The van der Waals surface area contributed by atoms with Crippen LogP contribution in [0.4, 0.5) is 5.69 Å². The monoisotopic (exact) mass is 453 g/mol. The molecule has 1 fully saturated rings. The zero-order valence-electron chi connectivity index (χ0n) is 18.1. The van der Waals surface area contributed by atoms with E-state index in [0.29, 0.717) is 22.7 Å². The lowest BCUT2D eigenvalue weighted by atomic mass is 9.95. The van der Waals surface area contributed by atoms with Crippen molar-refractivity contribution >= 4 is 23.1 Å². The molecule has 34 heavy (non-hydrogen) atoms. The van der Waals surface area contributed by atoms with Gasteiger partial charge in [0, 0.05) is 29.1 Å². The van der Waals surface area contributed by atoms with Crippen molar-refractivity contribution < 1.29 is 24.0 Å². The molecule has 8 nitrogen and oxygen atoms in total. The van der Waals surface area contributed by atoms with Crippen LogP contribution >= 0.6 is 0 Å². The third-order valence-electron chi connectivity index (χ3n) is 5.66. The lowest BCUT2D eigenvalue weighted by Crippen LogP contribution is -2.29. The van der Waals surface area contributed by atoms with E-state index in [4.69, 9.17) is 9.26 Å². The Balaban J connectivity index is 1.69. The van der Waals surface area contributed by atoms with E-state index >= 15 is 0 Å². The van der Waals surface area contributed by atoms with Crippen molar-refractivity contribution in [1.29, 1.82) is 0 Å². The van der Waals surface area contributed by atoms with E-state index in [1.165, 1.54) is 24.5 Å². The topological polar surface area (TPSA) is 106 Å². The van der Waals surface area contributed by atoms with Gasteiger partial charge in [0.15, 0.2) is 5.76 Å². The molecule has 1 saturated heterocycles. The number of ketones is 1. The number of rotatable bonds is 5. The lowest BCUT2D eigenvalue weighted by Gasteiger charge is -2.26. The van der Waals surface area contributed by atoms with E-state index in [2.05, 4.69) is 10.1 Å². The van der Waals surface area contributed by atoms with Gasteiger partial charge in [-0.25, -0.2) is 0 Å². The standard InChI is InChI=1S/C26H19N3O5/c1-33-21-8-3-2-6-18(21)23-22(24(30)20-7-4-5-14-27-20)25(31)26(32)29(23)17-11-9-16(10-12-17)19-13-15-34-28-19/h2-15,23,30H,1H3/b24-22-. The number of ether oxygens (including phenoxy) is 1. The first-order chi connectivity index (χ1) is 16.6. The van der Waals surface area contributed by atoms with Gasteiger partial charge in [0.05, 0.1) is 18.7 Å². The molecule has 168 valence electrons. The number of anilines is 1. The van der Waals surface area contributed by atoms with Gasteiger partial charge in [0.2, 0.25) is 0 Å². The first-order valence-electron chi connectivity index (χ1n) is 10.5. The van der Waals surface area contributed by atoms with Gasteiger partial charge >= 0.3 is 0 Å². The Kier molecular flexibility index (Phi) is 5.39. The molecule has 2 aromatic heterocycles. The van der Waals surface area contributed by atoms with Crippen LogP contribution in [0.25, 0.3) is 17.0 Å². The highest BCUT2D eigenvalue weighted by molar-refractivity contribution is 6.51. The molecule has 0 spiro atoms. The Hall–Kier alpha value is -4.72. The number of aliphatic hydroxyl groups excluding tert-OH is 1. The van der Waals surface area contributed by atoms with E-state index in [9.17, 15) is 14.7 Å². The molecule has 1 aliphatic heterocycles. The minimum atomic E-state index is -0.920. The van der Waals surface area contributed by atoms with Crippen molar-refractivity contribution in [2.45, 2.75) is 6.04 Å². The number of hydrogen-bond donors (Lipinski definition) is 1. The van der Waals surface area contributed by atoms with Crippen LogP contribution in [0.2, 0.25) is 0 Å². The summed E-state index contributed by atoms with van der Waals surface area (Å²) in [6, 6.07) is 19.9. The van der Waals surface area contributed by atoms with Crippen LogP contribution < -0.4 is 9.64 Å². The van der Waals surface area contributed by atoms with Crippen molar-refractivity contribution in [2.75, 3.05) is 12.0 Å². The minimum Gasteiger partial charge on any atom is -0.505 e. The van der Waals surface area contributed by atoms with Crippen molar-refractivity contribution in [1.82, 2.24) is 10.1 Å². The average molecular weight is 453 g/mol. The fourth-order valence-electron chi connectivity index (χ4n) is 4.08. The molecule has 2 aromatic carbocycles. The number of Topliss-reactive ketones (excluding diaryl/α,β-unsaturated/α-hetero) is 1. The Morgan fingerprint density at radius 1 is 1.00 bits per heavy atom. The molecule has 1 unspecified atom stereocenters. The van der Waals surface area contributed by atoms with E-state index in [1.807, 2.05) is 0 Å². The summed E-state index contributed by atoms with van der Waals surface area (Å²) >= 11 is 0. The van der Waals surface area contributed by atoms with Crippen molar-refractivity contribution in [2.24, 2.45) is 0 Å². The molecule has 4 aromatic rings. The van der Waals surface area contributed by atoms with Crippen LogP contribution in [-0.4, -0.2) is 34.0 Å². The molecule has 1 atom stereocenters. The predicted molar refractivity (Wildman–Crippen MR) is 124 cm³/mol. The summed E-state index contributed by atoms with van der Waals surface area (Å²) in [5.41, 5.74) is 2.60. The van der Waals surface area contributed by atoms with Crippen LogP contribution in [-0.2, 0) is 9.59 Å². The number of aromatic nitrogens is 2. The van der Waals surface area contributed by atoms with Crippen molar-refractivity contribution in [3.05, 3.63) is 102 Å². The average Bonchev–Trinajstić information content (AvgIpc) is 3.51. The molecule has 1 amide bonds. The molecule has 1 aliphatic rings. The summed E-state index contributed by atoms with van der Waals surface area (Å²) in [5.74, 6) is -1.44. The summed E-state index contributed by atoms with van der Waals surface area (Å²) in [6.45, 7) is 0. The molecule has 0 radical (unpaired) electrons. The summed E-state index contributed by atoms with van der Waals surface area (Å²) in [4.78, 5) is 32.0. The highest BCUT2D eigenvalue weighted by atomic mass is 16.5. The molecule has 0 aliphatic carbocycles. The van der Waals surface area contributed by atoms with Gasteiger partial charge in [-0.05, 0) is 30.3 Å². The zero-order valence-corrected chi connectivity index (χ0v) is 18.1. The smallest absolute Gasteiger partial charge is 0.300 e. The van der Waals surface area contributed by atoms with Gasteiger partial charge in [0.25, 0.3) is 11.7 Å². The van der Waals surface area contributed by atoms with E-state index in [0.717, 1.165) is 5.56 Å². The maximum atomic E-state index is 13.3. The van der Waals surface area contributed by atoms with E-state index in [-0.39, 0.29) is 17.0 Å². The summed E-state index contributed by atoms with van der Waals surface area (Å²) < 4.78 is 10.4. The van der Waals surface area contributed by atoms with Gasteiger partial charge in [-0.1, -0.05) is 41.6 Å². The second-order valence-electron chi connectivity index (χ2n) is 7.56. The van der Waals surface area contributed by atoms with Crippen molar-refractivity contribution in [3.8, 4) is 17.0 Å². The second kappa shape index (κ2) is 8.67. The van der Waals surface area contributed by atoms with Gasteiger partial charge in [0.1, 0.15) is 23.4 Å². The molecule has 0 saturated carbocycles. The zero-order chi connectivity index (χ0) is 23.7. The van der Waals surface area contributed by atoms with Gasteiger partial charge < -0.3 is 14.4 Å². The molecule has 3 heterocycles. The minimum absolute atomic E-state index is 0.0613. The Bertz CT molecular complexity index is 1380. The lowest BCUT2D eigenvalue weighted by molar-refractivity contribution is -0.132. The SMILES string of the molecule is COc1ccccc1C1/C(=C(/O)c2ccccn2)C(=O)C(=O)N1c1ccc(-c2ccon2)cc1. The quantitative estimate of drug-likeness (QED) is 0.272. The maximum absolute atomic E-state index is 13.3. The summed E-state index contributed by atoms with van der Waals surface area (Å²) in [6.07, 6.45) is 2.98. The van der Waals surface area contributed by atoms with Gasteiger partial charge in [-0.3, -0.25) is 19.5 Å². The summed E-state index contributed by atoms with van der Waals surface area (Å²) in [7, 11) is 1.51. The predicted octanol–water partition coefficient (Wildman–Crippen LogP) is 4.37. The Morgan fingerprint density at radius 2 is 1.76 bits per heavy atom. The first kappa shape index (κ1) is 21.1. The number of hydrogen-bond acceptors (Lipinski definition) is 7. The fourth-order valence-corrected chi connectivity index (χ4v) is 4.08. The number of aliphatic hydroxyl groups is 1. The van der Waals surface area contributed by atoms with Crippen LogP contribution in [0.1, 0.15) is 17.3 Å². The van der Waals surface area contributed by atoms with Gasteiger partial charge in [-0.15, -0.1) is 0 Å².